The summed E-state index contributed by atoms with van der Waals surface area (Å²) in [7, 11) is 0. The third kappa shape index (κ3) is 2.98. The normalized spacial score (nSPS) is 18.8. The third-order valence-corrected chi connectivity index (χ3v) is 3.22. The van der Waals surface area contributed by atoms with Gasteiger partial charge in [-0.05, 0) is 25.3 Å². The predicted octanol–water partition coefficient (Wildman–Crippen LogP) is 2.75. The number of nitro groups is 1. The molecule has 1 saturated heterocycles. The van der Waals surface area contributed by atoms with E-state index in [4.69, 9.17) is 4.74 Å². The van der Waals surface area contributed by atoms with Gasteiger partial charge in [0.05, 0.1) is 11.0 Å². The van der Waals surface area contributed by atoms with Gasteiger partial charge in [0.1, 0.15) is 0 Å². The molecule has 0 radical (unpaired) electrons. The van der Waals surface area contributed by atoms with Crippen LogP contribution in [0, 0.1) is 10.1 Å². The van der Waals surface area contributed by atoms with Crippen LogP contribution in [-0.4, -0.2) is 24.2 Å². The van der Waals surface area contributed by atoms with Crippen LogP contribution in [0.5, 0.6) is 0 Å². The number of nitrogens with one attached hydrogen (secondary N) is 1. The second kappa shape index (κ2) is 5.82. The average molecular weight is 250 g/mol. The molecule has 0 spiro atoms. The number of hydrogen-bond acceptors (Lipinski definition) is 4. The van der Waals surface area contributed by atoms with E-state index >= 15 is 0 Å². The molecule has 18 heavy (non-hydrogen) atoms. The largest absolute Gasteiger partial charge is 0.382 e. The Morgan fingerprint density at radius 1 is 1.56 bits per heavy atom. The summed E-state index contributed by atoms with van der Waals surface area (Å²) < 4.78 is 5.50. The Balaban J connectivity index is 2.04. The first kappa shape index (κ1) is 12.8. The zero-order chi connectivity index (χ0) is 13.0. The van der Waals surface area contributed by atoms with E-state index in [0.29, 0.717) is 13.0 Å². The highest BCUT2D eigenvalue weighted by Gasteiger charge is 2.16. The number of rotatable bonds is 5. The van der Waals surface area contributed by atoms with Crippen LogP contribution in [-0.2, 0) is 11.2 Å². The lowest BCUT2D eigenvalue weighted by Gasteiger charge is -2.12. The minimum absolute atomic E-state index is 0.190. The first-order valence-electron chi connectivity index (χ1n) is 6.33. The summed E-state index contributed by atoms with van der Waals surface area (Å²) in [5.74, 6) is 0. The van der Waals surface area contributed by atoms with Crippen LogP contribution < -0.4 is 5.32 Å². The summed E-state index contributed by atoms with van der Waals surface area (Å²) in [5, 5.41) is 14.2. The van der Waals surface area contributed by atoms with E-state index in [-0.39, 0.29) is 16.7 Å². The van der Waals surface area contributed by atoms with Gasteiger partial charge in [-0.3, -0.25) is 10.1 Å². The lowest BCUT2D eigenvalue weighted by molar-refractivity contribution is -0.385. The standard InChI is InChI=1S/C13H18N2O3/c1-2-10-5-6-11(8-13(10)15(16)17)14-9-12-4-3-7-18-12/h5-6,8,12,14H,2-4,7,9H2,1H3. The monoisotopic (exact) mass is 250 g/mol. The van der Waals surface area contributed by atoms with Crippen molar-refractivity contribution in [1.29, 1.82) is 0 Å². The molecule has 1 aliphatic heterocycles. The quantitative estimate of drug-likeness (QED) is 0.644. The maximum absolute atomic E-state index is 10.9. The number of aryl methyl sites for hydroxylation is 1. The lowest BCUT2D eigenvalue weighted by Crippen LogP contribution is -2.18. The van der Waals surface area contributed by atoms with Gasteiger partial charge in [0.2, 0.25) is 0 Å². The van der Waals surface area contributed by atoms with Crippen LogP contribution in [0.2, 0.25) is 0 Å². The fourth-order valence-electron chi connectivity index (χ4n) is 2.18. The number of anilines is 1. The van der Waals surface area contributed by atoms with Crippen molar-refractivity contribution < 1.29 is 9.66 Å². The maximum atomic E-state index is 10.9. The van der Waals surface area contributed by atoms with Gasteiger partial charge in [-0.2, -0.15) is 0 Å². The zero-order valence-electron chi connectivity index (χ0n) is 10.5. The van der Waals surface area contributed by atoms with E-state index in [1.807, 2.05) is 19.1 Å². The van der Waals surface area contributed by atoms with Crippen LogP contribution in [0.25, 0.3) is 0 Å². The molecule has 5 heteroatoms. The lowest BCUT2D eigenvalue weighted by atomic mass is 10.1. The van der Waals surface area contributed by atoms with Crippen molar-refractivity contribution in [2.24, 2.45) is 0 Å². The Kier molecular flexibility index (Phi) is 4.15. The second-order valence-electron chi connectivity index (χ2n) is 4.47. The molecule has 1 fully saturated rings. The summed E-state index contributed by atoms with van der Waals surface area (Å²) >= 11 is 0. The van der Waals surface area contributed by atoms with E-state index in [1.165, 1.54) is 0 Å². The Morgan fingerprint density at radius 2 is 2.39 bits per heavy atom. The van der Waals surface area contributed by atoms with Crippen molar-refractivity contribution in [3.8, 4) is 0 Å². The van der Waals surface area contributed by atoms with Crippen LogP contribution in [0.4, 0.5) is 11.4 Å². The number of nitro benzene ring substituents is 1. The number of hydrogen-bond donors (Lipinski definition) is 1. The van der Waals surface area contributed by atoms with Gasteiger partial charge in [-0.1, -0.05) is 13.0 Å². The summed E-state index contributed by atoms with van der Waals surface area (Å²) in [5.41, 5.74) is 1.74. The molecule has 0 aliphatic carbocycles. The van der Waals surface area contributed by atoms with Crippen molar-refractivity contribution >= 4 is 11.4 Å². The fourth-order valence-corrected chi connectivity index (χ4v) is 2.18. The van der Waals surface area contributed by atoms with Crippen LogP contribution >= 0.6 is 0 Å². The van der Waals surface area contributed by atoms with Crippen LogP contribution in [0.1, 0.15) is 25.3 Å². The molecule has 1 unspecified atom stereocenters. The molecule has 1 heterocycles. The SMILES string of the molecule is CCc1ccc(NCC2CCCO2)cc1[N+](=O)[O-]. The summed E-state index contributed by atoms with van der Waals surface area (Å²) in [6.45, 7) is 3.45. The van der Waals surface area contributed by atoms with Gasteiger partial charge in [0.15, 0.2) is 0 Å². The number of nitrogens with zero attached hydrogens (tertiary/aromatic N) is 1. The first-order valence-corrected chi connectivity index (χ1v) is 6.33. The molecule has 1 aromatic rings. The van der Waals surface area contributed by atoms with E-state index in [2.05, 4.69) is 5.32 Å². The van der Waals surface area contributed by atoms with Crippen LogP contribution in [0.3, 0.4) is 0 Å². The van der Waals surface area contributed by atoms with Gasteiger partial charge < -0.3 is 10.1 Å². The molecule has 5 nitrogen and oxygen atoms in total. The minimum atomic E-state index is -0.323. The van der Waals surface area contributed by atoms with Crippen molar-refractivity contribution in [3.63, 3.8) is 0 Å². The molecular weight excluding hydrogens is 232 g/mol. The van der Waals surface area contributed by atoms with Gasteiger partial charge in [0, 0.05) is 30.5 Å². The van der Waals surface area contributed by atoms with E-state index < -0.39 is 0 Å². The Labute approximate surface area is 106 Å². The van der Waals surface area contributed by atoms with Crippen molar-refractivity contribution in [2.75, 3.05) is 18.5 Å². The van der Waals surface area contributed by atoms with E-state index in [1.54, 1.807) is 6.07 Å². The maximum Gasteiger partial charge on any atom is 0.274 e. The van der Waals surface area contributed by atoms with E-state index in [9.17, 15) is 10.1 Å². The highest BCUT2D eigenvalue weighted by atomic mass is 16.6. The van der Waals surface area contributed by atoms with Gasteiger partial charge in [-0.15, -0.1) is 0 Å². The van der Waals surface area contributed by atoms with Crippen molar-refractivity contribution in [2.45, 2.75) is 32.3 Å². The predicted molar refractivity (Wildman–Crippen MR) is 69.9 cm³/mol. The minimum Gasteiger partial charge on any atom is -0.382 e. The molecule has 2 rings (SSSR count). The molecule has 1 atom stereocenters. The highest BCUT2D eigenvalue weighted by Crippen LogP contribution is 2.24. The van der Waals surface area contributed by atoms with E-state index in [0.717, 1.165) is 30.7 Å². The summed E-state index contributed by atoms with van der Waals surface area (Å²) in [6.07, 6.45) is 3.06. The molecule has 0 aromatic heterocycles. The average Bonchev–Trinajstić information content (AvgIpc) is 2.89. The smallest absolute Gasteiger partial charge is 0.274 e. The Hall–Kier alpha value is -1.62. The highest BCUT2D eigenvalue weighted by molar-refractivity contribution is 5.55. The summed E-state index contributed by atoms with van der Waals surface area (Å²) in [6, 6.07) is 5.31. The molecule has 1 aliphatic rings. The number of benzene rings is 1. The topological polar surface area (TPSA) is 64.4 Å². The molecule has 0 saturated carbocycles. The molecule has 98 valence electrons. The second-order valence-corrected chi connectivity index (χ2v) is 4.47. The van der Waals surface area contributed by atoms with Gasteiger partial charge in [0.25, 0.3) is 5.69 Å². The zero-order valence-corrected chi connectivity index (χ0v) is 10.5. The third-order valence-electron chi connectivity index (χ3n) is 3.22. The van der Waals surface area contributed by atoms with Crippen molar-refractivity contribution in [3.05, 3.63) is 33.9 Å². The molecule has 0 bridgehead atoms. The molecule has 1 aromatic carbocycles. The molecule has 1 N–H and O–H groups in total. The van der Waals surface area contributed by atoms with Crippen LogP contribution in [0.15, 0.2) is 18.2 Å². The molecular formula is C13H18N2O3. The van der Waals surface area contributed by atoms with Gasteiger partial charge >= 0.3 is 0 Å². The molecule has 0 amide bonds. The van der Waals surface area contributed by atoms with Crippen molar-refractivity contribution in [1.82, 2.24) is 0 Å². The fraction of sp³-hybridized carbons (Fsp3) is 0.538. The first-order chi connectivity index (χ1) is 8.70. The Morgan fingerprint density at radius 3 is 3.00 bits per heavy atom. The Bertz CT molecular complexity index is 428. The van der Waals surface area contributed by atoms with Gasteiger partial charge in [-0.25, -0.2) is 0 Å². The summed E-state index contributed by atoms with van der Waals surface area (Å²) in [4.78, 5) is 10.6. The number of ether oxygens (including phenoxy) is 1.